The molecule has 0 bridgehead atoms. The first kappa shape index (κ1) is 21.5. The van der Waals surface area contributed by atoms with E-state index in [1.54, 1.807) is 0 Å². The highest BCUT2D eigenvalue weighted by atomic mass is 35.5. The van der Waals surface area contributed by atoms with Gasteiger partial charge < -0.3 is 15.8 Å². The fraction of sp³-hybridized carbons (Fsp3) is 0.650. The topological polar surface area (TPSA) is 64.3 Å². The summed E-state index contributed by atoms with van der Waals surface area (Å²) in [6.07, 6.45) is 7.47. The van der Waals surface area contributed by atoms with Crippen molar-refractivity contribution < 1.29 is 9.53 Å². The number of hydrogen-bond acceptors (Lipinski definition) is 3. The highest BCUT2D eigenvalue weighted by Gasteiger charge is 2.43. The third-order valence-corrected chi connectivity index (χ3v) is 6.18. The fourth-order valence-corrected chi connectivity index (χ4v) is 4.56. The Morgan fingerprint density at radius 2 is 1.96 bits per heavy atom. The standard InChI is InChI=1S/C20H29ClN2O2.ClH/c21-17-8-4-7-16(13-17)20(9-11-25-12-10-20)19(24)23-18(14-22)15-5-2-1-3-6-15;/h4,7-8,13,15,18H,1-3,5-6,9-12,14,22H2,(H,23,24);1H. The summed E-state index contributed by atoms with van der Waals surface area (Å²) in [6.45, 7) is 1.69. The highest BCUT2D eigenvalue weighted by molar-refractivity contribution is 6.30. The van der Waals surface area contributed by atoms with Gasteiger partial charge in [0.05, 0.1) is 5.41 Å². The van der Waals surface area contributed by atoms with Crippen molar-refractivity contribution in [2.75, 3.05) is 19.8 Å². The molecule has 1 unspecified atom stereocenters. The van der Waals surface area contributed by atoms with Crippen molar-refractivity contribution in [1.29, 1.82) is 0 Å². The fourth-order valence-electron chi connectivity index (χ4n) is 4.37. The number of halogens is 2. The van der Waals surface area contributed by atoms with E-state index in [1.807, 2.05) is 24.3 Å². The van der Waals surface area contributed by atoms with Crippen molar-refractivity contribution in [3.8, 4) is 0 Å². The Balaban J connectivity index is 0.00000243. The van der Waals surface area contributed by atoms with Gasteiger partial charge in [0, 0.05) is 30.8 Å². The Morgan fingerprint density at radius 1 is 1.27 bits per heavy atom. The number of carbonyl (C=O) groups is 1. The molecule has 1 aliphatic heterocycles. The lowest BCUT2D eigenvalue weighted by Crippen LogP contribution is -2.54. The Bertz CT molecular complexity index is 585. The minimum absolute atomic E-state index is 0. The van der Waals surface area contributed by atoms with E-state index in [4.69, 9.17) is 22.1 Å². The predicted molar refractivity (Wildman–Crippen MR) is 108 cm³/mol. The molecule has 0 aromatic heterocycles. The van der Waals surface area contributed by atoms with Crippen LogP contribution in [0.4, 0.5) is 0 Å². The van der Waals surface area contributed by atoms with Gasteiger partial charge in [-0.2, -0.15) is 0 Å². The number of nitrogens with one attached hydrogen (secondary N) is 1. The van der Waals surface area contributed by atoms with Gasteiger partial charge in [-0.1, -0.05) is 43.0 Å². The zero-order chi connectivity index (χ0) is 17.7. The molecule has 2 aliphatic rings. The summed E-state index contributed by atoms with van der Waals surface area (Å²) in [5.41, 5.74) is 6.45. The molecule has 4 nitrogen and oxygen atoms in total. The molecule has 26 heavy (non-hydrogen) atoms. The molecule has 1 amide bonds. The largest absolute Gasteiger partial charge is 0.381 e. The minimum Gasteiger partial charge on any atom is -0.381 e. The van der Waals surface area contributed by atoms with Crippen LogP contribution in [0, 0.1) is 5.92 Å². The lowest BCUT2D eigenvalue weighted by Gasteiger charge is -2.39. The van der Waals surface area contributed by atoms with Crippen LogP contribution in [-0.2, 0) is 14.9 Å². The summed E-state index contributed by atoms with van der Waals surface area (Å²) < 4.78 is 5.54. The van der Waals surface area contributed by atoms with Crippen molar-refractivity contribution in [2.24, 2.45) is 11.7 Å². The maximum absolute atomic E-state index is 13.4. The molecule has 2 fully saturated rings. The molecule has 146 valence electrons. The van der Waals surface area contributed by atoms with E-state index in [2.05, 4.69) is 5.32 Å². The van der Waals surface area contributed by atoms with Crippen LogP contribution < -0.4 is 11.1 Å². The van der Waals surface area contributed by atoms with Gasteiger partial charge in [0.2, 0.25) is 5.91 Å². The van der Waals surface area contributed by atoms with Crippen molar-refractivity contribution in [1.82, 2.24) is 5.32 Å². The highest BCUT2D eigenvalue weighted by Crippen LogP contribution is 2.37. The molecular formula is C20H30Cl2N2O2. The van der Waals surface area contributed by atoms with Crippen LogP contribution in [0.15, 0.2) is 24.3 Å². The van der Waals surface area contributed by atoms with Gasteiger partial charge in [-0.05, 0) is 49.3 Å². The number of benzene rings is 1. The Hall–Kier alpha value is -0.810. The summed E-state index contributed by atoms with van der Waals surface area (Å²) >= 11 is 6.20. The van der Waals surface area contributed by atoms with E-state index in [0.717, 1.165) is 18.4 Å². The second-order valence-corrected chi connectivity index (χ2v) is 7.86. The minimum atomic E-state index is -0.564. The van der Waals surface area contributed by atoms with E-state index < -0.39 is 5.41 Å². The first-order valence-electron chi connectivity index (χ1n) is 9.50. The lowest BCUT2D eigenvalue weighted by atomic mass is 9.73. The molecule has 1 aromatic rings. The van der Waals surface area contributed by atoms with Crippen LogP contribution in [0.1, 0.15) is 50.5 Å². The summed E-state index contributed by atoms with van der Waals surface area (Å²) in [4.78, 5) is 13.4. The second kappa shape index (κ2) is 9.93. The van der Waals surface area contributed by atoms with Crippen LogP contribution in [0.5, 0.6) is 0 Å². The van der Waals surface area contributed by atoms with Crippen LogP contribution >= 0.6 is 24.0 Å². The van der Waals surface area contributed by atoms with Crippen LogP contribution in [0.2, 0.25) is 5.02 Å². The summed E-state index contributed by atoms with van der Waals surface area (Å²) in [7, 11) is 0. The van der Waals surface area contributed by atoms with Crippen molar-refractivity contribution in [3.63, 3.8) is 0 Å². The van der Waals surface area contributed by atoms with Gasteiger partial charge in [0.25, 0.3) is 0 Å². The normalized spacial score (nSPS) is 21.5. The maximum atomic E-state index is 13.4. The Labute approximate surface area is 167 Å². The average Bonchev–Trinajstić information content (AvgIpc) is 2.67. The predicted octanol–water partition coefficient (Wildman–Crippen LogP) is 3.83. The average molecular weight is 401 g/mol. The zero-order valence-corrected chi connectivity index (χ0v) is 16.8. The van der Waals surface area contributed by atoms with Crippen molar-refractivity contribution >= 4 is 29.9 Å². The second-order valence-electron chi connectivity index (χ2n) is 7.42. The molecular weight excluding hydrogens is 371 g/mol. The smallest absolute Gasteiger partial charge is 0.231 e. The number of nitrogens with two attached hydrogens (primary N) is 1. The molecule has 1 aromatic carbocycles. The lowest BCUT2D eigenvalue weighted by molar-refractivity contribution is -0.131. The number of rotatable bonds is 5. The van der Waals surface area contributed by atoms with E-state index >= 15 is 0 Å². The van der Waals surface area contributed by atoms with Crippen LogP contribution in [-0.4, -0.2) is 31.7 Å². The maximum Gasteiger partial charge on any atom is 0.231 e. The number of hydrogen-bond donors (Lipinski definition) is 2. The molecule has 1 saturated heterocycles. The van der Waals surface area contributed by atoms with Gasteiger partial charge in [-0.3, -0.25) is 4.79 Å². The Morgan fingerprint density at radius 3 is 2.58 bits per heavy atom. The van der Waals surface area contributed by atoms with Gasteiger partial charge in [-0.25, -0.2) is 0 Å². The molecule has 3 rings (SSSR count). The summed E-state index contributed by atoms with van der Waals surface area (Å²) in [5, 5.41) is 3.97. The third kappa shape index (κ3) is 4.72. The van der Waals surface area contributed by atoms with Gasteiger partial charge in [0.15, 0.2) is 0 Å². The van der Waals surface area contributed by atoms with Gasteiger partial charge >= 0.3 is 0 Å². The van der Waals surface area contributed by atoms with Crippen LogP contribution in [0.25, 0.3) is 0 Å². The number of ether oxygens (including phenoxy) is 1. The van der Waals surface area contributed by atoms with E-state index in [0.29, 0.717) is 43.5 Å². The first-order valence-corrected chi connectivity index (χ1v) is 9.88. The quantitative estimate of drug-likeness (QED) is 0.788. The summed E-state index contributed by atoms with van der Waals surface area (Å²) in [5.74, 6) is 0.582. The zero-order valence-electron chi connectivity index (χ0n) is 15.2. The van der Waals surface area contributed by atoms with Crippen molar-refractivity contribution in [3.05, 3.63) is 34.9 Å². The van der Waals surface area contributed by atoms with E-state index in [-0.39, 0.29) is 24.4 Å². The van der Waals surface area contributed by atoms with Crippen molar-refractivity contribution in [2.45, 2.75) is 56.4 Å². The molecule has 0 spiro atoms. The molecule has 1 heterocycles. The molecule has 1 aliphatic carbocycles. The first-order chi connectivity index (χ1) is 12.2. The third-order valence-electron chi connectivity index (χ3n) is 5.95. The van der Waals surface area contributed by atoms with Crippen LogP contribution in [0.3, 0.4) is 0 Å². The summed E-state index contributed by atoms with van der Waals surface area (Å²) in [6, 6.07) is 7.76. The van der Waals surface area contributed by atoms with E-state index in [9.17, 15) is 4.79 Å². The molecule has 6 heteroatoms. The monoisotopic (exact) mass is 400 g/mol. The molecule has 1 saturated carbocycles. The molecule has 0 radical (unpaired) electrons. The molecule has 1 atom stereocenters. The Kier molecular flexibility index (Phi) is 8.21. The van der Waals surface area contributed by atoms with E-state index in [1.165, 1.54) is 19.3 Å². The number of carbonyl (C=O) groups excluding carboxylic acids is 1. The van der Waals surface area contributed by atoms with Gasteiger partial charge in [-0.15, -0.1) is 12.4 Å². The molecule has 3 N–H and O–H groups in total. The number of amides is 1. The SMILES string of the molecule is Cl.NCC(NC(=O)C1(c2cccc(Cl)c2)CCOCC1)C1CCCCC1. The van der Waals surface area contributed by atoms with Gasteiger partial charge in [0.1, 0.15) is 0 Å².